The minimum atomic E-state index is 0.861. The molecule has 1 aromatic rings. The van der Waals surface area contributed by atoms with Gasteiger partial charge in [0.05, 0.1) is 0 Å². The molecule has 1 aliphatic heterocycles. The molecule has 0 aliphatic carbocycles. The fourth-order valence-electron chi connectivity index (χ4n) is 1.47. The summed E-state index contributed by atoms with van der Waals surface area (Å²) in [6, 6.07) is 1.98. The first-order chi connectivity index (χ1) is 6.86. The van der Waals surface area contributed by atoms with Crippen LogP contribution in [0.3, 0.4) is 0 Å². The summed E-state index contributed by atoms with van der Waals surface area (Å²) in [5, 5.41) is 0. The second kappa shape index (κ2) is 4.98. The Hall–Kier alpha value is -0.290. The fourth-order valence-corrected chi connectivity index (χ4v) is 2.66. The van der Waals surface area contributed by atoms with Gasteiger partial charge in [0, 0.05) is 24.9 Å². The van der Waals surface area contributed by atoms with Crippen LogP contribution >= 0.6 is 27.7 Å². The molecule has 76 valence electrons. The minimum absolute atomic E-state index is 0.861. The van der Waals surface area contributed by atoms with Gasteiger partial charge in [-0.3, -0.25) is 0 Å². The largest absolute Gasteiger partial charge is 0.356 e. The van der Waals surface area contributed by atoms with Crippen LogP contribution in [0.25, 0.3) is 0 Å². The number of halogens is 1. The summed E-state index contributed by atoms with van der Waals surface area (Å²) in [7, 11) is 0. The molecule has 0 radical (unpaired) electrons. The van der Waals surface area contributed by atoms with Crippen LogP contribution in [-0.2, 0) is 0 Å². The lowest BCUT2D eigenvalue weighted by molar-refractivity contribution is 0.797. The van der Waals surface area contributed by atoms with Crippen LogP contribution in [0.15, 0.2) is 17.0 Å². The third-order valence-electron chi connectivity index (χ3n) is 2.17. The molecular formula is C9H12BrN3S. The van der Waals surface area contributed by atoms with Crippen LogP contribution < -0.4 is 4.90 Å². The minimum Gasteiger partial charge on any atom is -0.356 e. The van der Waals surface area contributed by atoms with Crippen molar-refractivity contribution in [1.82, 2.24) is 9.97 Å². The van der Waals surface area contributed by atoms with Gasteiger partial charge in [-0.2, -0.15) is 11.8 Å². The van der Waals surface area contributed by atoms with Crippen molar-refractivity contribution in [1.29, 1.82) is 0 Å². The van der Waals surface area contributed by atoms with Gasteiger partial charge in [-0.05, 0) is 28.1 Å². The van der Waals surface area contributed by atoms with Crippen molar-refractivity contribution in [3.63, 3.8) is 0 Å². The first-order valence-corrected chi connectivity index (χ1v) is 6.61. The van der Waals surface area contributed by atoms with Gasteiger partial charge >= 0.3 is 0 Å². The molecule has 3 nitrogen and oxygen atoms in total. The number of thioether (sulfide) groups is 1. The normalized spacial score (nSPS) is 17.9. The summed E-state index contributed by atoms with van der Waals surface area (Å²) in [5.74, 6) is 3.50. The maximum Gasteiger partial charge on any atom is 0.133 e. The van der Waals surface area contributed by atoms with Crippen molar-refractivity contribution in [3.8, 4) is 0 Å². The van der Waals surface area contributed by atoms with Crippen LogP contribution in [0.4, 0.5) is 5.82 Å². The van der Waals surface area contributed by atoms with Crippen molar-refractivity contribution in [3.05, 3.63) is 17.0 Å². The van der Waals surface area contributed by atoms with E-state index in [-0.39, 0.29) is 0 Å². The maximum absolute atomic E-state index is 4.28. The summed E-state index contributed by atoms with van der Waals surface area (Å²) in [4.78, 5) is 10.6. The van der Waals surface area contributed by atoms with E-state index in [1.165, 1.54) is 17.9 Å². The van der Waals surface area contributed by atoms with E-state index in [0.29, 0.717) is 0 Å². The molecule has 1 aliphatic rings. The van der Waals surface area contributed by atoms with Gasteiger partial charge in [0.15, 0.2) is 0 Å². The second-order valence-electron chi connectivity index (χ2n) is 3.15. The van der Waals surface area contributed by atoms with Crippen LogP contribution in [0.2, 0.25) is 0 Å². The maximum atomic E-state index is 4.28. The van der Waals surface area contributed by atoms with E-state index in [9.17, 15) is 0 Å². The third-order valence-corrected chi connectivity index (χ3v) is 3.65. The van der Waals surface area contributed by atoms with E-state index >= 15 is 0 Å². The van der Waals surface area contributed by atoms with Gasteiger partial charge in [0.1, 0.15) is 16.7 Å². The Morgan fingerprint density at radius 3 is 3.07 bits per heavy atom. The molecule has 1 fully saturated rings. The van der Waals surface area contributed by atoms with Crippen molar-refractivity contribution in [2.75, 3.05) is 29.5 Å². The average Bonchev–Trinajstić information content (AvgIpc) is 2.45. The highest BCUT2D eigenvalue weighted by Crippen LogP contribution is 2.18. The summed E-state index contributed by atoms with van der Waals surface area (Å²) in [5.41, 5.74) is 0. The molecule has 1 aromatic heterocycles. The highest BCUT2D eigenvalue weighted by atomic mass is 79.9. The fraction of sp³-hybridized carbons (Fsp3) is 0.556. The standard InChI is InChI=1S/C9H12BrN3S/c10-8-6-9(12-7-11-8)13-2-1-4-14-5-3-13/h6-7H,1-5H2. The zero-order valence-corrected chi connectivity index (χ0v) is 10.2. The predicted octanol–water partition coefficient (Wildman–Crippen LogP) is 2.18. The molecule has 0 unspecified atom stereocenters. The Morgan fingerprint density at radius 2 is 2.21 bits per heavy atom. The first-order valence-electron chi connectivity index (χ1n) is 4.66. The topological polar surface area (TPSA) is 29.0 Å². The molecule has 14 heavy (non-hydrogen) atoms. The Bertz CT molecular complexity index is 300. The molecule has 0 N–H and O–H groups in total. The van der Waals surface area contributed by atoms with Crippen LogP contribution in [0.1, 0.15) is 6.42 Å². The average molecular weight is 274 g/mol. The van der Waals surface area contributed by atoms with Gasteiger partial charge in [-0.15, -0.1) is 0 Å². The van der Waals surface area contributed by atoms with E-state index < -0.39 is 0 Å². The van der Waals surface area contributed by atoms with E-state index in [1.807, 2.05) is 17.8 Å². The number of nitrogens with zero attached hydrogens (tertiary/aromatic N) is 3. The lowest BCUT2D eigenvalue weighted by Crippen LogP contribution is -2.26. The van der Waals surface area contributed by atoms with Gasteiger partial charge < -0.3 is 4.90 Å². The molecule has 2 heterocycles. The first kappa shape index (κ1) is 10.2. The monoisotopic (exact) mass is 273 g/mol. The van der Waals surface area contributed by atoms with Crippen molar-refractivity contribution in [2.45, 2.75) is 6.42 Å². The number of aromatic nitrogens is 2. The molecule has 0 atom stereocenters. The Labute approximate surface area is 96.4 Å². The molecule has 1 saturated heterocycles. The summed E-state index contributed by atoms with van der Waals surface area (Å²) >= 11 is 5.39. The zero-order valence-electron chi connectivity index (χ0n) is 7.82. The van der Waals surface area contributed by atoms with Crippen molar-refractivity contribution >= 4 is 33.5 Å². The molecule has 0 amide bonds. The van der Waals surface area contributed by atoms with E-state index in [1.54, 1.807) is 6.33 Å². The smallest absolute Gasteiger partial charge is 0.133 e. The van der Waals surface area contributed by atoms with Gasteiger partial charge in [-0.25, -0.2) is 9.97 Å². The lowest BCUT2D eigenvalue weighted by Gasteiger charge is -2.20. The summed E-state index contributed by atoms with van der Waals surface area (Å²) < 4.78 is 0.861. The van der Waals surface area contributed by atoms with Crippen LogP contribution in [0.5, 0.6) is 0 Å². The Balaban J connectivity index is 2.12. The summed E-state index contributed by atoms with van der Waals surface area (Å²) in [6.45, 7) is 2.20. The molecule has 2 rings (SSSR count). The molecule has 0 spiro atoms. The highest BCUT2D eigenvalue weighted by Gasteiger charge is 2.11. The third kappa shape index (κ3) is 2.60. The predicted molar refractivity (Wildman–Crippen MR) is 63.9 cm³/mol. The SMILES string of the molecule is Brc1cc(N2CCCSCC2)ncn1. The van der Waals surface area contributed by atoms with Gasteiger partial charge in [0.2, 0.25) is 0 Å². The summed E-state index contributed by atoms with van der Waals surface area (Å²) in [6.07, 6.45) is 2.85. The van der Waals surface area contributed by atoms with Gasteiger partial charge in [0.25, 0.3) is 0 Å². The number of hydrogen-bond donors (Lipinski definition) is 0. The Kier molecular flexibility index (Phi) is 3.64. The second-order valence-corrected chi connectivity index (χ2v) is 5.19. The molecule has 0 bridgehead atoms. The molecular weight excluding hydrogens is 262 g/mol. The molecule has 0 aromatic carbocycles. The van der Waals surface area contributed by atoms with Crippen molar-refractivity contribution < 1.29 is 0 Å². The quantitative estimate of drug-likeness (QED) is 0.734. The van der Waals surface area contributed by atoms with Crippen LogP contribution in [0, 0.1) is 0 Å². The number of hydrogen-bond acceptors (Lipinski definition) is 4. The van der Waals surface area contributed by atoms with E-state index in [0.717, 1.165) is 23.5 Å². The number of anilines is 1. The zero-order chi connectivity index (χ0) is 9.80. The van der Waals surface area contributed by atoms with E-state index in [4.69, 9.17) is 0 Å². The molecule has 5 heteroatoms. The number of rotatable bonds is 1. The molecule has 0 saturated carbocycles. The highest BCUT2D eigenvalue weighted by molar-refractivity contribution is 9.10. The van der Waals surface area contributed by atoms with Gasteiger partial charge in [-0.1, -0.05) is 0 Å². The van der Waals surface area contributed by atoms with Crippen LogP contribution in [-0.4, -0.2) is 34.6 Å². The lowest BCUT2D eigenvalue weighted by atomic mass is 10.4. The Morgan fingerprint density at radius 1 is 1.29 bits per heavy atom. The van der Waals surface area contributed by atoms with Crippen molar-refractivity contribution in [2.24, 2.45) is 0 Å². The van der Waals surface area contributed by atoms with E-state index in [2.05, 4.69) is 30.8 Å².